The van der Waals surface area contributed by atoms with Crippen LogP contribution in [-0.4, -0.2) is 29.3 Å². The van der Waals surface area contributed by atoms with E-state index in [1.54, 1.807) is 0 Å². The van der Waals surface area contributed by atoms with Gasteiger partial charge < -0.3 is 15.3 Å². The molecule has 0 unspecified atom stereocenters. The van der Waals surface area contributed by atoms with Gasteiger partial charge in [0, 0.05) is 30.9 Å². The number of aliphatic hydroxyl groups is 1. The molecule has 3 heteroatoms. The molecule has 0 radical (unpaired) electrons. The summed E-state index contributed by atoms with van der Waals surface area (Å²) in [6, 6.07) is 8.58. The molecule has 3 nitrogen and oxygen atoms in total. The quantitative estimate of drug-likeness (QED) is 0.839. The van der Waals surface area contributed by atoms with E-state index < -0.39 is 5.60 Å². The second-order valence-electron chi connectivity index (χ2n) is 7.10. The summed E-state index contributed by atoms with van der Waals surface area (Å²) in [6.45, 7) is 14.7. The van der Waals surface area contributed by atoms with E-state index in [0.29, 0.717) is 6.54 Å². The van der Waals surface area contributed by atoms with Crippen LogP contribution < -0.4 is 10.2 Å². The molecule has 0 heterocycles. The fourth-order valence-corrected chi connectivity index (χ4v) is 2.04. The maximum absolute atomic E-state index is 9.96. The van der Waals surface area contributed by atoms with Crippen molar-refractivity contribution in [2.45, 2.75) is 59.2 Å². The van der Waals surface area contributed by atoms with Crippen molar-refractivity contribution in [3.8, 4) is 0 Å². The minimum atomic E-state index is -0.678. The third kappa shape index (κ3) is 6.40. The van der Waals surface area contributed by atoms with Gasteiger partial charge in [0.25, 0.3) is 0 Å². The average molecular weight is 278 g/mol. The fourth-order valence-electron chi connectivity index (χ4n) is 2.04. The van der Waals surface area contributed by atoms with Gasteiger partial charge in [-0.3, -0.25) is 0 Å². The SMILES string of the molecule is CCN(CC(C)(C)O)c1ccc(CNC(C)(C)C)cc1. The zero-order valence-corrected chi connectivity index (χ0v) is 13.8. The van der Waals surface area contributed by atoms with Gasteiger partial charge in [0.15, 0.2) is 0 Å². The van der Waals surface area contributed by atoms with Crippen LogP contribution in [0, 0.1) is 0 Å². The summed E-state index contributed by atoms with van der Waals surface area (Å²) >= 11 is 0. The molecule has 1 aromatic carbocycles. The Morgan fingerprint density at radius 2 is 1.60 bits per heavy atom. The van der Waals surface area contributed by atoms with Crippen LogP contribution in [0.5, 0.6) is 0 Å². The maximum Gasteiger partial charge on any atom is 0.0765 e. The summed E-state index contributed by atoms with van der Waals surface area (Å²) in [7, 11) is 0. The minimum Gasteiger partial charge on any atom is -0.389 e. The lowest BCUT2D eigenvalue weighted by atomic mass is 10.1. The second-order valence-corrected chi connectivity index (χ2v) is 7.10. The molecule has 0 spiro atoms. The molecule has 0 atom stereocenters. The summed E-state index contributed by atoms with van der Waals surface area (Å²) in [6.07, 6.45) is 0. The summed E-state index contributed by atoms with van der Waals surface area (Å²) in [5, 5.41) is 13.4. The van der Waals surface area contributed by atoms with E-state index in [1.165, 1.54) is 5.56 Å². The summed E-state index contributed by atoms with van der Waals surface area (Å²) in [5.74, 6) is 0. The average Bonchev–Trinajstić information content (AvgIpc) is 2.32. The molecule has 0 saturated heterocycles. The first-order valence-corrected chi connectivity index (χ1v) is 7.42. The third-order valence-corrected chi connectivity index (χ3v) is 3.08. The van der Waals surface area contributed by atoms with Crippen molar-refractivity contribution >= 4 is 5.69 Å². The number of hydrogen-bond donors (Lipinski definition) is 2. The number of rotatable bonds is 6. The van der Waals surface area contributed by atoms with Crippen molar-refractivity contribution in [1.29, 1.82) is 0 Å². The lowest BCUT2D eigenvalue weighted by molar-refractivity contribution is 0.0876. The van der Waals surface area contributed by atoms with E-state index in [9.17, 15) is 5.11 Å². The predicted molar refractivity (Wildman–Crippen MR) is 87.2 cm³/mol. The van der Waals surface area contributed by atoms with Crippen molar-refractivity contribution in [3.63, 3.8) is 0 Å². The Morgan fingerprint density at radius 1 is 1.05 bits per heavy atom. The minimum absolute atomic E-state index is 0.134. The van der Waals surface area contributed by atoms with Gasteiger partial charge in [-0.15, -0.1) is 0 Å². The van der Waals surface area contributed by atoms with Crippen LogP contribution in [0.4, 0.5) is 5.69 Å². The highest BCUT2D eigenvalue weighted by Crippen LogP contribution is 2.18. The van der Waals surface area contributed by atoms with Gasteiger partial charge in [0.05, 0.1) is 5.60 Å². The molecule has 0 aliphatic carbocycles. The zero-order chi connectivity index (χ0) is 15.4. The number of benzene rings is 1. The van der Waals surface area contributed by atoms with Gasteiger partial charge >= 0.3 is 0 Å². The first kappa shape index (κ1) is 17.0. The molecule has 20 heavy (non-hydrogen) atoms. The summed E-state index contributed by atoms with van der Waals surface area (Å²) < 4.78 is 0. The van der Waals surface area contributed by atoms with Crippen molar-refractivity contribution in [1.82, 2.24) is 5.32 Å². The molecule has 0 aromatic heterocycles. The molecule has 0 saturated carbocycles. The Bertz CT molecular complexity index is 398. The first-order chi connectivity index (χ1) is 9.11. The van der Waals surface area contributed by atoms with Crippen LogP contribution in [0.2, 0.25) is 0 Å². The fraction of sp³-hybridized carbons (Fsp3) is 0.647. The first-order valence-electron chi connectivity index (χ1n) is 7.42. The molecule has 0 aliphatic heterocycles. The summed E-state index contributed by atoms with van der Waals surface area (Å²) in [5.41, 5.74) is 1.90. The smallest absolute Gasteiger partial charge is 0.0765 e. The van der Waals surface area contributed by atoms with Crippen molar-refractivity contribution < 1.29 is 5.11 Å². The highest BCUT2D eigenvalue weighted by atomic mass is 16.3. The van der Waals surface area contributed by atoms with Crippen LogP contribution >= 0.6 is 0 Å². The van der Waals surface area contributed by atoms with Gasteiger partial charge in [-0.2, -0.15) is 0 Å². The lowest BCUT2D eigenvalue weighted by Gasteiger charge is -2.30. The molecular formula is C17H30N2O. The van der Waals surface area contributed by atoms with E-state index in [0.717, 1.165) is 18.8 Å². The molecular weight excluding hydrogens is 248 g/mol. The molecule has 1 aromatic rings. The van der Waals surface area contributed by atoms with Crippen molar-refractivity contribution in [2.75, 3.05) is 18.0 Å². The summed E-state index contributed by atoms with van der Waals surface area (Å²) in [4.78, 5) is 2.20. The normalized spacial score (nSPS) is 12.6. The van der Waals surface area contributed by atoms with E-state index in [-0.39, 0.29) is 5.54 Å². The highest BCUT2D eigenvalue weighted by Gasteiger charge is 2.17. The highest BCUT2D eigenvalue weighted by molar-refractivity contribution is 5.47. The Morgan fingerprint density at radius 3 is 2.00 bits per heavy atom. The number of nitrogens with zero attached hydrogens (tertiary/aromatic N) is 1. The monoisotopic (exact) mass is 278 g/mol. The maximum atomic E-state index is 9.96. The Kier molecular flexibility index (Phi) is 5.60. The largest absolute Gasteiger partial charge is 0.389 e. The molecule has 0 bridgehead atoms. The molecule has 2 N–H and O–H groups in total. The second kappa shape index (κ2) is 6.59. The molecule has 0 amide bonds. The Balaban J connectivity index is 2.69. The number of anilines is 1. The molecule has 114 valence electrons. The van der Waals surface area contributed by atoms with E-state index in [4.69, 9.17) is 0 Å². The number of hydrogen-bond acceptors (Lipinski definition) is 3. The third-order valence-electron chi connectivity index (χ3n) is 3.08. The van der Waals surface area contributed by atoms with Gasteiger partial charge in [-0.25, -0.2) is 0 Å². The van der Waals surface area contributed by atoms with E-state index in [2.05, 4.69) is 62.2 Å². The van der Waals surface area contributed by atoms with E-state index >= 15 is 0 Å². The lowest BCUT2D eigenvalue weighted by Crippen LogP contribution is -2.38. The molecule has 0 fully saturated rings. The predicted octanol–water partition coefficient (Wildman–Crippen LogP) is 3.17. The van der Waals surface area contributed by atoms with E-state index in [1.807, 2.05) is 13.8 Å². The molecule has 1 rings (SSSR count). The van der Waals surface area contributed by atoms with Crippen LogP contribution in [0.3, 0.4) is 0 Å². The Labute approximate surface area is 124 Å². The van der Waals surface area contributed by atoms with Crippen LogP contribution in [0.15, 0.2) is 24.3 Å². The van der Waals surface area contributed by atoms with Crippen molar-refractivity contribution in [3.05, 3.63) is 29.8 Å². The number of likely N-dealkylation sites (N-methyl/N-ethyl adjacent to an activating group) is 1. The van der Waals surface area contributed by atoms with Crippen molar-refractivity contribution in [2.24, 2.45) is 0 Å². The zero-order valence-electron chi connectivity index (χ0n) is 13.8. The number of nitrogens with one attached hydrogen (secondary N) is 1. The van der Waals surface area contributed by atoms with Gasteiger partial charge in [-0.05, 0) is 59.2 Å². The standard InChI is InChI=1S/C17H30N2O/c1-7-19(13-17(5,6)20)15-10-8-14(9-11-15)12-18-16(2,3)4/h8-11,18,20H,7,12-13H2,1-6H3. The van der Waals surface area contributed by atoms with Crippen LogP contribution in [0.25, 0.3) is 0 Å². The topological polar surface area (TPSA) is 35.5 Å². The molecule has 0 aliphatic rings. The Hall–Kier alpha value is -1.06. The van der Waals surface area contributed by atoms with Crippen LogP contribution in [0.1, 0.15) is 47.1 Å². The van der Waals surface area contributed by atoms with Gasteiger partial charge in [0.1, 0.15) is 0 Å². The van der Waals surface area contributed by atoms with Gasteiger partial charge in [0.2, 0.25) is 0 Å². The van der Waals surface area contributed by atoms with Gasteiger partial charge in [-0.1, -0.05) is 12.1 Å². The van der Waals surface area contributed by atoms with Crippen LogP contribution in [-0.2, 0) is 6.54 Å².